The van der Waals surface area contributed by atoms with Crippen molar-refractivity contribution in [2.24, 2.45) is 5.73 Å². The molecule has 2 heteroatoms. The van der Waals surface area contributed by atoms with Crippen LogP contribution in [0.5, 0.6) is 0 Å². The highest BCUT2D eigenvalue weighted by atomic mass is 16.3. The summed E-state index contributed by atoms with van der Waals surface area (Å²) in [5.74, 6) is 0.0879. The van der Waals surface area contributed by atoms with E-state index < -0.39 is 0 Å². The summed E-state index contributed by atoms with van der Waals surface area (Å²) in [7, 11) is 0. The van der Waals surface area contributed by atoms with Gasteiger partial charge in [0.1, 0.15) is 0 Å². The van der Waals surface area contributed by atoms with Gasteiger partial charge < -0.3 is 10.8 Å². The van der Waals surface area contributed by atoms with E-state index in [1.165, 1.54) is 5.56 Å². The van der Waals surface area contributed by atoms with Crippen molar-refractivity contribution in [2.75, 3.05) is 13.2 Å². The third-order valence-corrected chi connectivity index (χ3v) is 2.02. The first kappa shape index (κ1) is 9.23. The largest absolute Gasteiger partial charge is 0.396 e. The topological polar surface area (TPSA) is 46.2 Å². The molecule has 0 spiro atoms. The fourth-order valence-electron chi connectivity index (χ4n) is 1.24. The first-order valence-corrected chi connectivity index (χ1v) is 4.15. The van der Waals surface area contributed by atoms with E-state index in [2.05, 4.69) is 6.07 Å². The second-order valence-electron chi connectivity index (χ2n) is 3.03. The summed E-state index contributed by atoms with van der Waals surface area (Å²) in [6.07, 6.45) is 0. The normalized spacial score (nSPS) is 12.9. The van der Waals surface area contributed by atoms with Gasteiger partial charge in [0, 0.05) is 12.5 Å². The van der Waals surface area contributed by atoms with Crippen LogP contribution in [0.2, 0.25) is 0 Å². The first-order valence-electron chi connectivity index (χ1n) is 4.15. The van der Waals surface area contributed by atoms with Gasteiger partial charge in [-0.2, -0.15) is 0 Å². The Bertz CT molecular complexity index is 243. The molecule has 1 rings (SSSR count). The van der Waals surface area contributed by atoms with Gasteiger partial charge in [0.25, 0.3) is 0 Å². The summed E-state index contributed by atoms with van der Waals surface area (Å²) in [5.41, 5.74) is 7.84. The Morgan fingerprint density at radius 1 is 1.50 bits per heavy atom. The highest BCUT2D eigenvalue weighted by Gasteiger charge is 2.06. The highest BCUT2D eigenvalue weighted by Crippen LogP contribution is 2.14. The lowest BCUT2D eigenvalue weighted by molar-refractivity contribution is 0.268. The molecule has 0 fully saturated rings. The lowest BCUT2D eigenvalue weighted by Crippen LogP contribution is -2.15. The molecule has 0 bridgehead atoms. The molecule has 12 heavy (non-hydrogen) atoms. The van der Waals surface area contributed by atoms with Gasteiger partial charge in [0.05, 0.1) is 6.61 Å². The van der Waals surface area contributed by atoms with Crippen LogP contribution in [0.1, 0.15) is 17.0 Å². The Kier molecular flexibility index (Phi) is 3.26. The molecule has 0 amide bonds. The SMILES string of the molecule is Cc1cccc([C@H](CN)CO)c1. The molecule has 3 N–H and O–H groups in total. The second kappa shape index (κ2) is 4.24. The van der Waals surface area contributed by atoms with Crippen molar-refractivity contribution >= 4 is 0 Å². The molecule has 0 heterocycles. The monoisotopic (exact) mass is 165 g/mol. The van der Waals surface area contributed by atoms with Gasteiger partial charge in [-0.25, -0.2) is 0 Å². The number of hydrogen-bond acceptors (Lipinski definition) is 2. The Morgan fingerprint density at radius 3 is 2.75 bits per heavy atom. The van der Waals surface area contributed by atoms with Crippen molar-refractivity contribution in [3.63, 3.8) is 0 Å². The maximum atomic E-state index is 8.99. The molecule has 1 atom stereocenters. The molecule has 0 radical (unpaired) electrons. The zero-order valence-electron chi connectivity index (χ0n) is 7.33. The van der Waals surface area contributed by atoms with E-state index in [1.807, 2.05) is 25.1 Å². The number of benzene rings is 1. The molecule has 0 aliphatic carbocycles. The van der Waals surface area contributed by atoms with E-state index in [0.29, 0.717) is 6.54 Å². The van der Waals surface area contributed by atoms with E-state index in [1.54, 1.807) is 0 Å². The fourth-order valence-corrected chi connectivity index (χ4v) is 1.24. The third-order valence-electron chi connectivity index (χ3n) is 2.02. The zero-order chi connectivity index (χ0) is 8.97. The van der Waals surface area contributed by atoms with Crippen molar-refractivity contribution in [1.29, 1.82) is 0 Å². The molecule has 66 valence electrons. The van der Waals surface area contributed by atoms with Crippen LogP contribution in [0.3, 0.4) is 0 Å². The number of rotatable bonds is 3. The van der Waals surface area contributed by atoms with E-state index in [4.69, 9.17) is 10.8 Å². The average molecular weight is 165 g/mol. The molecule has 0 aliphatic rings. The molecule has 2 nitrogen and oxygen atoms in total. The summed E-state index contributed by atoms with van der Waals surface area (Å²) in [6.45, 7) is 2.66. The lowest BCUT2D eigenvalue weighted by Gasteiger charge is -2.11. The van der Waals surface area contributed by atoms with E-state index >= 15 is 0 Å². The number of nitrogens with two attached hydrogens (primary N) is 1. The predicted octanol–water partition coefficient (Wildman–Crippen LogP) is 1.03. The number of aryl methyl sites for hydroxylation is 1. The Morgan fingerprint density at radius 2 is 2.25 bits per heavy atom. The van der Waals surface area contributed by atoms with Crippen LogP contribution in [-0.2, 0) is 0 Å². The van der Waals surface area contributed by atoms with Crippen molar-refractivity contribution in [2.45, 2.75) is 12.8 Å². The van der Waals surface area contributed by atoms with Gasteiger partial charge in [-0.3, -0.25) is 0 Å². The maximum Gasteiger partial charge on any atom is 0.0511 e. The summed E-state index contributed by atoms with van der Waals surface area (Å²) in [5, 5.41) is 8.99. The van der Waals surface area contributed by atoms with Crippen molar-refractivity contribution in [1.82, 2.24) is 0 Å². The Labute approximate surface area is 73.0 Å². The predicted molar refractivity (Wildman–Crippen MR) is 50.1 cm³/mol. The van der Waals surface area contributed by atoms with Crippen LogP contribution in [0.4, 0.5) is 0 Å². The molecule has 0 saturated heterocycles. The van der Waals surface area contributed by atoms with Gasteiger partial charge in [-0.05, 0) is 12.5 Å². The molecular formula is C10H15NO. The van der Waals surface area contributed by atoms with Crippen LogP contribution >= 0.6 is 0 Å². The van der Waals surface area contributed by atoms with E-state index in [9.17, 15) is 0 Å². The van der Waals surface area contributed by atoms with Crippen molar-refractivity contribution in [3.05, 3.63) is 35.4 Å². The first-order chi connectivity index (χ1) is 5.77. The van der Waals surface area contributed by atoms with Gasteiger partial charge in [-0.15, -0.1) is 0 Å². The zero-order valence-corrected chi connectivity index (χ0v) is 7.33. The molecule has 1 aromatic carbocycles. The highest BCUT2D eigenvalue weighted by molar-refractivity contribution is 5.25. The third kappa shape index (κ3) is 2.06. The number of aliphatic hydroxyl groups is 1. The minimum atomic E-state index is 0.0879. The smallest absolute Gasteiger partial charge is 0.0511 e. The molecular weight excluding hydrogens is 150 g/mol. The molecule has 0 unspecified atom stereocenters. The molecule has 0 aliphatic heterocycles. The standard InChI is InChI=1S/C10H15NO/c1-8-3-2-4-9(5-8)10(6-11)7-12/h2-5,10,12H,6-7,11H2,1H3/t10-/m1/s1. The van der Waals surface area contributed by atoms with Crippen LogP contribution in [0.25, 0.3) is 0 Å². The van der Waals surface area contributed by atoms with E-state index in [0.717, 1.165) is 5.56 Å². The average Bonchev–Trinajstić information content (AvgIpc) is 2.07. The van der Waals surface area contributed by atoms with Gasteiger partial charge in [0.15, 0.2) is 0 Å². The minimum Gasteiger partial charge on any atom is -0.396 e. The van der Waals surface area contributed by atoms with Crippen LogP contribution in [0, 0.1) is 6.92 Å². The second-order valence-corrected chi connectivity index (χ2v) is 3.03. The Balaban J connectivity index is 2.85. The summed E-state index contributed by atoms with van der Waals surface area (Å²) in [6, 6.07) is 8.09. The van der Waals surface area contributed by atoms with Crippen molar-refractivity contribution < 1.29 is 5.11 Å². The summed E-state index contributed by atoms with van der Waals surface area (Å²) < 4.78 is 0. The van der Waals surface area contributed by atoms with Gasteiger partial charge in [-0.1, -0.05) is 29.8 Å². The fraction of sp³-hybridized carbons (Fsp3) is 0.400. The molecule has 1 aromatic rings. The minimum absolute atomic E-state index is 0.0879. The number of hydrogen-bond donors (Lipinski definition) is 2. The van der Waals surface area contributed by atoms with Crippen LogP contribution in [-0.4, -0.2) is 18.3 Å². The quantitative estimate of drug-likeness (QED) is 0.702. The summed E-state index contributed by atoms with van der Waals surface area (Å²) >= 11 is 0. The van der Waals surface area contributed by atoms with Gasteiger partial charge >= 0.3 is 0 Å². The van der Waals surface area contributed by atoms with Crippen molar-refractivity contribution in [3.8, 4) is 0 Å². The summed E-state index contributed by atoms with van der Waals surface area (Å²) in [4.78, 5) is 0. The van der Waals surface area contributed by atoms with Crippen LogP contribution in [0.15, 0.2) is 24.3 Å². The lowest BCUT2D eigenvalue weighted by atomic mass is 9.99. The molecule has 0 aromatic heterocycles. The number of aliphatic hydroxyl groups excluding tert-OH is 1. The molecule has 0 saturated carbocycles. The van der Waals surface area contributed by atoms with Gasteiger partial charge in [0.2, 0.25) is 0 Å². The van der Waals surface area contributed by atoms with E-state index in [-0.39, 0.29) is 12.5 Å². The van der Waals surface area contributed by atoms with Crippen LogP contribution < -0.4 is 5.73 Å². The Hall–Kier alpha value is -0.860. The maximum absolute atomic E-state index is 8.99.